The van der Waals surface area contributed by atoms with Gasteiger partial charge >= 0.3 is 0 Å². The molecule has 1 unspecified atom stereocenters. The number of sulfonamides is 1. The van der Waals surface area contributed by atoms with Crippen LogP contribution in [-0.4, -0.2) is 82.3 Å². The molecule has 17 heteroatoms. The standard InChI is InChI=1S/C31H31F2N9O5S/c32-23-5-2-6-24(33)27(23)29(45)42-30(34)38-31(39-42)36-20-7-9-22(10-8-20)48(46,47)41-15-13-40(14-16-41)18-19-3-1-4-21(17-19)35-25-11-12-26(43)37-28(25)44/h1-10,17,25,35H,11-16,18H2,(H,37,43,44)(H3,34,36,38,39). The fraction of sp³-hybridized carbons (Fsp3) is 0.258. The normalized spacial score (nSPS) is 17.6. The van der Waals surface area contributed by atoms with E-state index in [1.165, 1.54) is 28.6 Å². The average Bonchev–Trinajstić information content (AvgIpc) is 3.42. The maximum atomic E-state index is 14.1. The molecule has 5 N–H and O–H groups in total. The highest BCUT2D eigenvalue weighted by Crippen LogP contribution is 2.24. The number of halogens is 2. The fourth-order valence-electron chi connectivity index (χ4n) is 5.50. The van der Waals surface area contributed by atoms with E-state index >= 15 is 0 Å². The number of hydrogen-bond acceptors (Lipinski definition) is 11. The third-order valence-corrected chi connectivity index (χ3v) is 9.91. The molecule has 48 heavy (non-hydrogen) atoms. The highest BCUT2D eigenvalue weighted by Gasteiger charge is 2.29. The summed E-state index contributed by atoms with van der Waals surface area (Å²) in [5.41, 5.74) is 7.09. The average molecular weight is 680 g/mol. The molecule has 2 fully saturated rings. The van der Waals surface area contributed by atoms with Crippen LogP contribution in [0.1, 0.15) is 28.8 Å². The van der Waals surface area contributed by atoms with Crippen LogP contribution in [0.3, 0.4) is 0 Å². The number of nitrogens with zero attached hydrogens (tertiary/aromatic N) is 5. The van der Waals surface area contributed by atoms with Crippen molar-refractivity contribution in [3.8, 4) is 0 Å². The molecule has 0 spiro atoms. The maximum Gasteiger partial charge on any atom is 0.287 e. The van der Waals surface area contributed by atoms with Crippen molar-refractivity contribution in [2.24, 2.45) is 0 Å². The van der Waals surface area contributed by atoms with Crippen LogP contribution < -0.4 is 21.7 Å². The molecule has 2 aliphatic heterocycles. The van der Waals surface area contributed by atoms with Gasteiger partial charge in [0.25, 0.3) is 5.91 Å². The summed E-state index contributed by atoms with van der Waals surface area (Å²) in [5, 5.41) is 12.2. The molecule has 2 saturated heterocycles. The number of nitrogens with one attached hydrogen (secondary N) is 3. The van der Waals surface area contributed by atoms with E-state index in [9.17, 15) is 31.6 Å². The predicted octanol–water partition coefficient (Wildman–Crippen LogP) is 2.29. The molecule has 0 saturated carbocycles. The van der Waals surface area contributed by atoms with E-state index in [4.69, 9.17) is 5.73 Å². The molecule has 6 rings (SSSR count). The zero-order chi connectivity index (χ0) is 34.0. The number of aromatic nitrogens is 3. The number of carbonyl (C=O) groups excluding carboxylic acids is 3. The first-order valence-corrected chi connectivity index (χ1v) is 16.4. The summed E-state index contributed by atoms with van der Waals surface area (Å²) < 4.78 is 57.0. The summed E-state index contributed by atoms with van der Waals surface area (Å²) in [4.78, 5) is 42.3. The van der Waals surface area contributed by atoms with E-state index in [1.807, 2.05) is 24.3 Å². The van der Waals surface area contributed by atoms with E-state index in [2.05, 4.69) is 30.9 Å². The minimum Gasteiger partial charge on any atom is -0.374 e. The van der Waals surface area contributed by atoms with Crippen molar-refractivity contribution in [2.45, 2.75) is 30.3 Å². The van der Waals surface area contributed by atoms with Crippen LogP contribution in [-0.2, 0) is 26.2 Å². The number of nitrogens with two attached hydrogens (primary N) is 1. The number of carbonyl (C=O) groups is 3. The summed E-state index contributed by atoms with van der Waals surface area (Å²) in [7, 11) is -3.80. The number of benzene rings is 3. The lowest BCUT2D eigenvalue weighted by molar-refractivity contribution is -0.133. The van der Waals surface area contributed by atoms with Crippen LogP contribution in [0.2, 0.25) is 0 Å². The van der Waals surface area contributed by atoms with Crippen LogP contribution in [0.25, 0.3) is 0 Å². The highest BCUT2D eigenvalue weighted by molar-refractivity contribution is 7.89. The minimum absolute atomic E-state index is 0.0805. The van der Waals surface area contributed by atoms with Crippen LogP contribution >= 0.6 is 0 Å². The molecule has 2 aliphatic rings. The number of rotatable bonds is 9. The van der Waals surface area contributed by atoms with Gasteiger partial charge in [0.1, 0.15) is 23.2 Å². The van der Waals surface area contributed by atoms with E-state index in [0.717, 1.165) is 29.4 Å². The zero-order valence-corrected chi connectivity index (χ0v) is 26.2. The molecule has 3 aromatic carbocycles. The predicted molar refractivity (Wildman–Crippen MR) is 171 cm³/mol. The van der Waals surface area contributed by atoms with Crippen molar-refractivity contribution in [3.63, 3.8) is 0 Å². The van der Waals surface area contributed by atoms with Crippen molar-refractivity contribution in [2.75, 3.05) is 42.5 Å². The Morgan fingerprint density at radius 3 is 2.33 bits per heavy atom. The third kappa shape index (κ3) is 7.02. The summed E-state index contributed by atoms with van der Waals surface area (Å²) in [6.07, 6.45) is 0.704. The van der Waals surface area contributed by atoms with E-state index in [0.29, 0.717) is 36.4 Å². The molecule has 4 aromatic rings. The smallest absolute Gasteiger partial charge is 0.287 e. The van der Waals surface area contributed by atoms with Gasteiger partial charge in [-0.3, -0.25) is 24.6 Å². The Morgan fingerprint density at radius 2 is 1.65 bits per heavy atom. The molecular formula is C31H31F2N9O5S. The molecule has 1 atom stereocenters. The lowest BCUT2D eigenvalue weighted by Crippen LogP contribution is -2.48. The van der Waals surface area contributed by atoms with Gasteiger partial charge < -0.3 is 16.4 Å². The Hall–Kier alpha value is -5.26. The first-order chi connectivity index (χ1) is 23.0. The largest absolute Gasteiger partial charge is 0.374 e. The Balaban J connectivity index is 1.04. The van der Waals surface area contributed by atoms with Crippen molar-refractivity contribution < 1.29 is 31.6 Å². The van der Waals surface area contributed by atoms with Crippen LogP contribution in [0.5, 0.6) is 0 Å². The third-order valence-electron chi connectivity index (χ3n) is 7.99. The quantitative estimate of drug-likeness (QED) is 0.190. The lowest BCUT2D eigenvalue weighted by Gasteiger charge is -2.34. The molecule has 0 radical (unpaired) electrons. The van der Waals surface area contributed by atoms with Crippen molar-refractivity contribution >= 4 is 51.0 Å². The SMILES string of the molecule is Nc1nc(Nc2ccc(S(=O)(=O)N3CCN(Cc4cccc(NC5CCC(=O)NC5=O)c4)CC3)cc2)nn1C(=O)c1c(F)cccc1F. The van der Waals surface area contributed by atoms with Gasteiger partial charge in [-0.2, -0.15) is 14.0 Å². The molecule has 1 aromatic heterocycles. The first-order valence-electron chi connectivity index (χ1n) is 15.0. The Morgan fingerprint density at radius 1 is 0.958 bits per heavy atom. The minimum atomic E-state index is -3.80. The number of imide groups is 1. The molecule has 250 valence electrons. The molecule has 14 nitrogen and oxygen atoms in total. The number of anilines is 4. The molecular weight excluding hydrogens is 648 g/mol. The van der Waals surface area contributed by atoms with Gasteiger partial charge in [0, 0.05) is 50.5 Å². The summed E-state index contributed by atoms with van der Waals surface area (Å²) in [6, 6.07) is 16.0. The number of hydrogen-bond donors (Lipinski definition) is 4. The van der Waals surface area contributed by atoms with Crippen LogP contribution in [0, 0.1) is 11.6 Å². The summed E-state index contributed by atoms with van der Waals surface area (Å²) >= 11 is 0. The number of nitrogen functional groups attached to an aromatic ring is 1. The van der Waals surface area contributed by atoms with Crippen molar-refractivity contribution in [1.29, 1.82) is 0 Å². The molecule has 2 amide bonds. The van der Waals surface area contributed by atoms with Crippen LogP contribution in [0.4, 0.5) is 32.1 Å². The van der Waals surface area contributed by atoms with Gasteiger partial charge in [0.05, 0.1) is 4.90 Å². The lowest BCUT2D eigenvalue weighted by atomic mass is 10.1. The first kappa shape index (κ1) is 32.7. The summed E-state index contributed by atoms with van der Waals surface area (Å²) in [5.74, 6) is -4.45. The van der Waals surface area contributed by atoms with E-state index in [1.54, 1.807) is 0 Å². The zero-order valence-electron chi connectivity index (χ0n) is 25.4. The topological polar surface area (TPSA) is 185 Å². The van der Waals surface area contributed by atoms with Gasteiger partial charge in [-0.15, -0.1) is 5.10 Å². The van der Waals surface area contributed by atoms with Crippen LogP contribution in [0.15, 0.2) is 71.6 Å². The Bertz CT molecular complexity index is 1960. The van der Waals surface area contributed by atoms with Gasteiger partial charge in [-0.1, -0.05) is 18.2 Å². The maximum absolute atomic E-state index is 14.1. The number of amides is 2. The van der Waals surface area contributed by atoms with Gasteiger partial charge in [0.15, 0.2) is 0 Å². The molecule has 0 aliphatic carbocycles. The number of piperazine rings is 1. The van der Waals surface area contributed by atoms with Gasteiger partial charge in [0.2, 0.25) is 33.7 Å². The Kier molecular flexibility index (Phi) is 9.16. The van der Waals surface area contributed by atoms with E-state index in [-0.39, 0.29) is 42.2 Å². The summed E-state index contributed by atoms with van der Waals surface area (Å²) in [6.45, 7) is 2.18. The fourth-order valence-corrected chi connectivity index (χ4v) is 6.92. The van der Waals surface area contributed by atoms with Crippen molar-refractivity contribution in [1.82, 2.24) is 29.3 Å². The monoisotopic (exact) mass is 679 g/mol. The second-order valence-corrected chi connectivity index (χ2v) is 13.2. The second-order valence-electron chi connectivity index (χ2n) is 11.3. The number of piperidine rings is 1. The van der Waals surface area contributed by atoms with Gasteiger partial charge in [-0.05, 0) is 60.5 Å². The van der Waals surface area contributed by atoms with Crippen molar-refractivity contribution in [3.05, 3.63) is 89.5 Å². The second kappa shape index (κ2) is 13.5. The highest BCUT2D eigenvalue weighted by atomic mass is 32.2. The molecule has 3 heterocycles. The molecule has 0 bridgehead atoms. The Labute approximate surface area is 274 Å². The van der Waals surface area contributed by atoms with Gasteiger partial charge in [-0.25, -0.2) is 17.2 Å². The van der Waals surface area contributed by atoms with E-state index < -0.39 is 45.1 Å².